The molecular formula is C14H29N. The summed E-state index contributed by atoms with van der Waals surface area (Å²) in [5, 5.41) is 0. The van der Waals surface area contributed by atoms with E-state index in [0.717, 1.165) is 5.92 Å². The maximum atomic E-state index is 2.71. The Labute approximate surface area is 96.2 Å². The van der Waals surface area contributed by atoms with Crippen LogP contribution in [0.25, 0.3) is 0 Å². The molecule has 90 valence electrons. The molecule has 1 aliphatic rings. The summed E-state index contributed by atoms with van der Waals surface area (Å²) in [7, 11) is 0. The zero-order chi connectivity index (χ0) is 11.3. The molecule has 0 radical (unpaired) electrons. The quantitative estimate of drug-likeness (QED) is 0.619. The Morgan fingerprint density at radius 2 is 1.73 bits per heavy atom. The van der Waals surface area contributed by atoms with Crippen molar-refractivity contribution >= 4 is 0 Å². The van der Waals surface area contributed by atoms with Crippen LogP contribution in [0.1, 0.15) is 66.2 Å². The third kappa shape index (κ3) is 4.14. The number of unbranched alkanes of at least 4 members (excludes halogenated alkanes) is 2. The first-order valence-corrected chi connectivity index (χ1v) is 6.81. The van der Waals surface area contributed by atoms with Crippen LogP contribution in [0, 0.1) is 5.92 Å². The first-order chi connectivity index (χ1) is 7.06. The Balaban J connectivity index is 2.32. The lowest BCUT2D eigenvalue weighted by molar-refractivity contribution is 0.0698. The van der Waals surface area contributed by atoms with Gasteiger partial charge in [0, 0.05) is 5.54 Å². The minimum Gasteiger partial charge on any atom is -0.298 e. The van der Waals surface area contributed by atoms with Crippen molar-refractivity contribution in [3.05, 3.63) is 0 Å². The van der Waals surface area contributed by atoms with Crippen molar-refractivity contribution in [3.63, 3.8) is 0 Å². The van der Waals surface area contributed by atoms with E-state index in [0.29, 0.717) is 5.54 Å². The van der Waals surface area contributed by atoms with Crippen LogP contribution in [0.5, 0.6) is 0 Å². The molecule has 0 aromatic rings. The molecule has 0 aromatic carbocycles. The molecule has 0 saturated carbocycles. The largest absolute Gasteiger partial charge is 0.298 e. The van der Waals surface area contributed by atoms with E-state index in [2.05, 4.69) is 32.6 Å². The molecule has 0 amide bonds. The van der Waals surface area contributed by atoms with Gasteiger partial charge < -0.3 is 0 Å². The van der Waals surface area contributed by atoms with Crippen LogP contribution in [0.3, 0.4) is 0 Å². The fourth-order valence-corrected chi connectivity index (χ4v) is 2.58. The summed E-state index contributed by atoms with van der Waals surface area (Å²) < 4.78 is 0. The number of rotatable bonds is 5. The number of likely N-dealkylation sites (tertiary alicyclic amines) is 1. The second-order valence-corrected chi connectivity index (χ2v) is 5.94. The summed E-state index contributed by atoms with van der Waals surface area (Å²) in [6, 6.07) is 0. The smallest absolute Gasteiger partial charge is 0.0153 e. The van der Waals surface area contributed by atoms with Crippen LogP contribution < -0.4 is 0 Å². The molecule has 0 aromatic heterocycles. The lowest BCUT2D eigenvalue weighted by atomic mass is 9.90. The SMILES string of the molecule is CCCCCC(C)(C)N1CCC(C)CC1. The molecule has 1 saturated heterocycles. The lowest BCUT2D eigenvalue weighted by Crippen LogP contribution is -2.47. The van der Waals surface area contributed by atoms with Gasteiger partial charge in [0.1, 0.15) is 0 Å². The van der Waals surface area contributed by atoms with Gasteiger partial charge in [-0.3, -0.25) is 4.90 Å². The number of piperidine rings is 1. The highest BCUT2D eigenvalue weighted by Gasteiger charge is 2.28. The maximum absolute atomic E-state index is 2.71. The standard InChI is InChI=1S/C14H29N/c1-5-6-7-10-14(3,4)15-11-8-13(2)9-12-15/h13H,5-12H2,1-4H3. The van der Waals surface area contributed by atoms with E-state index in [4.69, 9.17) is 0 Å². The normalized spacial score (nSPS) is 20.8. The zero-order valence-corrected chi connectivity index (χ0v) is 11.2. The molecule has 0 atom stereocenters. The zero-order valence-electron chi connectivity index (χ0n) is 11.2. The van der Waals surface area contributed by atoms with Crippen molar-refractivity contribution in [2.45, 2.75) is 71.8 Å². The molecular weight excluding hydrogens is 182 g/mol. The summed E-state index contributed by atoms with van der Waals surface area (Å²) in [6.45, 7) is 12.2. The van der Waals surface area contributed by atoms with Gasteiger partial charge >= 0.3 is 0 Å². The number of hydrogen-bond acceptors (Lipinski definition) is 1. The van der Waals surface area contributed by atoms with Gasteiger partial charge in [-0.1, -0.05) is 33.1 Å². The van der Waals surface area contributed by atoms with Crippen LogP contribution in [0.4, 0.5) is 0 Å². The molecule has 0 unspecified atom stereocenters. The molecule has 1 rings (SSSR count). The predicted octanol–water partition coefficient (Wildman–Crippen LogP) is 4.08. The van der Waals surface area contributed by atoms with Gasteiger partial charge in [0.25, 0.3) is 0 Å². The van der Waals surface area contributed by atoms with Gasteiger partial charge in [0.05, 0.1) is 0 Å². The molecule has 0 aliphatic carbocycles. The highest BCUT2D eigenvalue weighted by Crippen LogP contribution is 2.27. The van der Waals surface area contributed by atoms with E-state index in [1.165, 1.54) is 51.6 Å². The van der Waals surface area contributed by atoms with Crippen LogP contribution in [0.15, 0.2) is 0 Å². The predicted molar refractivity (Wildman–Crippen MR) is 68.2 cm³/mol. The molecule has 1 fully saturated rings. The Morgan fingerprint density at radius 3 is 2.27 bits per heavy atom. The summed E-state index contributed by atoms with van der Waals surface area (Å²) in [5.74, 6) is 0.952. The summed E-state index contributed by atoms with van der Waals surface area (Å²) in [4.78, 5) is 2.71. The minimum atomic E-state index is 0.440. The average Bonchev–Trinajstić information content (AvgIpc) is 2.18. The fourth-order valence-electron chi connectivity index (χ4n) is 2.58. The van der Waals surface area contributed by atoms with E-state index in [1.54, 1.807) is 0 Å². The Bertz CT molecular complexity index is 166. The number of hydrogen-bond donors (Lipinski definition) is 0. The third-order valence-electron chi connectivity index (χ3n) is 4.03. The van der Waals surface area contributed by atoms with Gasteiger partial charge in [-0.2, -0.15) is 0 Å². The molecule has 0 N–H and O–H groups in total. The first-order valence-electron chi connectivity index (χ1n) is 6.81. The van der Waals surface area contributed by atoms with E-state index >= 15 is 0 Å². The number of nitrogens with zero attached hydrogens (tertiary/aromatic N) is 1. The molecule has 1 aliphatic heterocycles. The van der Waals surface area contributed by atoms with Crippen molar-refractivity contribution in [2.24, 2.45) is 5.92 Å². The van der Waals surface area contributed by atoms with Crippen molar-refractivity contribution in [2.75, 3.05) is 13.1 Å². The molecule has 1 nitrogen and oxygen atoms in total. The Morgan fingerprint density at radius 1 is 1.13 bits per heavy atom. The summed E-state index contributed by atoms with van der Waals surface area (Å²) in [5.41, 5.74) is 0.440. The van der Waals surface area contributed by atoms with Crippen molar-refractivity contribution in [1.29, 1.82) is 0 Å². The van der Waals surface area contributed by atoms with Crippen LogP contribution in [-0.4, -0.2) is 23.5 Å². The van der Waals surface area contributed by atoms with Crippen LogP contribution >= 0.6 is 0 Å². The van der Waals surface area contributed by atoms with Gasteiger partial charge in [-0.15, -0.1) is 0 Å². The van der Waals surface area contributed by atoms with E-state index in [9.17, 15) is 0 Å². The monoisotopic (exact) mass is 211 g/mol. The first kappa shape index (κ1) is 13.0. The van der Waals surface area contributed by atoms with Gasteiger partial charge in [0.15, 0.2) is 0 Å². The fraction of sp³-hybridized carbons (Fsp3) is 1.00. The topological polar surface area (TPSA) is 3.24 Å². The maximum Gasteiger partial charge on any atom is 0.0153 e. The van der Waals surface area contributed by atoms with Crippen molar-refractivity contribution < 1.29 is 0 Å². The second kappa shape index (κ2) is 5.89. The van der Waals surface area contributed by atoms with Crippen LogP contribution in [0.2, 0.25) is 0 Å². The molecule has 0 spiro atoms. The highest BCUT2D eigenvalue weighted by atomic mass is 15.2. The Hall–Kier alpha value is -0.0400. The van der Waals surface area contributed by atoms with Gasteiger partial charge in [-0.25, -0.2) is 0 Å². The van der Waals surface area contributed by atoms with Crippen molar-refractivity contribution in [1.82, 2.24) is 4.90 Å². The molecule has 15 heavy (non-hydrogen) atoms. The summed E-state index contributed by atoms with van der Waals surface area (Å²) in [6.07, 6.45) is 8.31. The summed E-state index contributed by atoms with van der Waals surface area (Å²) >= 11 is 0. The van der Waals surface area contributed by atoms with E-state index in [1.807, 2.05) is 0 Å². The lowest BCUT2D eigenvalue weighted by Gasteiger charge is -2.42. The minimum absolute atomic E-state index is 0.440. The molecule has 1 heterocycles. The van der Waals surface area contributed by atoms with Crippen LogP contribution in [-0.2, 0) is 0 Å². The molecule has 0 bridgehead atoms. The van der Waals surface area contributed by atoms with E-state index in [-0.39, 0.29) is 0 Å². The highest BCUT2D eigenvalue weighted by molar-refractivity contribution is 4.84. The molecule has 1 heteroatoms. The van der Waals surface area contributed by atoms with E-state index < -0.39 is 0 Å². The second-order valence-electron chi connectivity index (χ2n) is 5.94. The van der Waals surface area contributed by atoms with Crippen molar-refractivity contribution in [3.8, 4) is 0 Å². The average molecular weight is 211 g/mol. The third-order valence-corrected chi connectivity index (χ3v) is 4.03. The Kier molecular flexibility index (Phi) is 5.11. The van der Waals surface area contributed by atoms with Gasteiger partial charge in [0.2, 0.25) is 0 Å². The van der Waals surface area contributed by atoms with Gasteiger partial charge in [-0.05, 0) is 52.1 Å².